The standard InChI is InChI=1S/C23H29N3O5S2/c27-23(26(14-20-2-1-10-32-20)19-5-11-33(28,29)16-19)15-25-8-6-24(7-9-25)13-18-3-4-21-22(12-18)31-17-30-21/h1-4,10,12,19H,5-9,11,13-17H2. The fourth-order valence-corrected chi connectivity index (χ4v) is 7.13. The Morgan fingerprint density at radius 1 is 1.09 bits per heavy atom. The second-order valence-electron chi connectivity index (χ2n) is 8.90. The monoisotopic (exact) mass is 491 g/mol. The van der Waals surface area contributed by atoms with Crippen molar-refractivity contribution in [3.8, 4) is 11.5 Å². The lowest BCUT2D eigenvalue weighted by Gasteiger charge is -2.36. The smallest absolute Gasteiger partial charge is 0.237 e. The molecule has 0 saturated carbocycles. The Bertz CT molecular complexity index is 1080. The Morgan fingerprint density at radius 3 is 2.61 bits per heavy atom. The van der Waals surface area contributed by atoms with Crippen LogP contribution in [0.2, 0.25) is 0 Å². The molecular weight excluding hydrogens is 462 g/mol. The number of benzene rings is 1. The van der Waals surface area contributed by atoms with Gasteiger partial charge >= 0.3 is 0 Å². The summed E-state index contributed by atoms with van der Waals surface area (Å²) < 4.78 is 34.9. The Morgan fingerprint density at radius 2 is 1.88 bits per heavy atom. The lowest BCUT2D eigenvalue weighted by atomic mass is 10.1. The molecule has 0 bridgehead atoms. The van der Waals surface area contributed by atoms with Gasteiger partial charge in [-0.3, -0.25) is 14.6 Å². The minimum atomic E-state index is -3.05. The fourth-order valence-electron chi connectivity index (χ4n) is 4.70. The molecule has 2 saturated heterocycles. The van der Waals surface area contributed by atoms with Crippen LogP contribution in [0.15, 0.2) is 35.7 Å². The minimum Gasteiger partial charge on any atom is -0.454 e. The van der Waals surface area contributed by atoms with E-state index in [1.165, 1.54) is 5.56 Å². The molecule has 33 heavy (non-hydrogen) atoms. The summed E-state index contributed by atoms with van der Waals surface area (Å²) in [7, 11) is -3.05. The number of amides is 1. The number of hydrogen-bond acceptors (Lipinski definition) is 8. The molecule has 1 unspecified atom stereocenters. The molecule has 2 fully saturated rings. The molecule has 8 nitrogen and oxygen atoms in total. The van der Waals surface area contributed by atoms with Crippen molar-refractivity contribution in [3.63, 3.8) is 0 Å². The quantitative estimate of drug-likeness (QED) is 0.585. The number of sulfone groups is 1. The van der Waals surface area contributed by atoms with Gasteiger partial charge in [-0.15, -0.1) is 11.3 Å². The first-order valence-electron chi connectivity index (χ1n) is 11.3. The zero-order valence-electron chi connectivity index (χ0n) is 18.5. The average molecular weight is 492 g/mol. The van der Waals surface area contributed by atoms with Crippen LogP contribution in [-0.4, -0.2) is 86.1 Å². The molecule has 3 aliphatic rings. The van der Waals surface area contributed by atoms with E-state index in [1.807, 2.05) is 29.6 Å². The van der Waals surface area contributed by atoms with Gasteiger partial charge in [-0.25, -0.2) is 8.42 Å². The number of nitrogens with zero attached hydrogens (tertiary/aromatic N) is 3. The number of thiophene rings is 1. The van der Waals surface area contributed by atoms with Crippen LogP contribution < -0.4 is 9.47 Å². The van der Waals surface area contributed by atoms with Crippen LogP contribution >= 0.6 is 11.3 Å². The van der Waals surface area contributed by atoms with E-state index in [9.17, 15) is 13.2 Å². The molecule has 4 heterocycles. The molecule has 1 atom stereocenters. The molecule has 2 aromatic rings. The summed E-state index contributed by atoms with van der Waals surface area (Å²) >= 11 is 1.60. The molecule has 10 heteroatoms. The van der Waals surface area contributed by atoms with Crippen molar-refractivity contribution in [1.82, 2.24) is 14.7 Å². The van der Waals surface area contributed by atoms with E-state index < -0.39 is 9.84 Å². The molecule has 5 rings (SSSR count). The highest BCUT2D eigenvalue weighted by molar-refractivity contribution is 7.91. The SMILES string of the molecule is O=C(CN1CCN(Cc2ccc3c(c2)OCO3)CC1)N(Cc1cccs1)C1CCS(=O)(=O)C1. The van der Waals surface area contributed by atoms with E-state index in [1.54, 1.807) is 16.2 Å². The number of carbonyl (C=O) groups excluding carboxylic acids is 1. The highest BCUT2D eigenvalue weighted by atomic mass is 32.2. The van der Waals surface area contributed by atoms with Crippen molar-refractivity contribution in [2.24, 2.45) is 0 Å². The van der Waals surface area contributed by atoms with Crippen LogP contribution in [0.4, 0.5) is 0 Å². The second-order valence-corrected chi connectivity index (χ2v) is 12.2. The Balaban J connectivity index is 1.16. The van der Waals surface area contributed by atoms with E-state index in [2.05, 4.69) is 15.9 Å². The maximum Gasteiger partial charge on any atom is 0.237 e. The number of fused-ring (bicyclic) bond motifs is 1. The first kappa shape index (κ1) is 22.6. The molecular formula is C23H29N3O5S2. The molecule has 3 aliphatic heterocycles. The summed E-state index contributed by atoms with van der Waals surface area (Å²) in [5.41, 5.74) is 1.19. The fraction of sp³-hybridized carbons (Fsp3) is 0.522. The summed E-state index contributed by atoms with van der Waals surface area (Å²) in [5, 5.41) is 1.99. The lowest BCUT2D eigenvalue weighted by Crippen LogP contribution is -2.51. The van der Waals surface area contributed by atoms with Crippen LogP contribution in [0.3, 0.4) is 0 Å². The van der Waals surface area contributed by atoms with Crippen LogP contribution in [0.5, 0.6) is 11.5 Å². The molecule has 0 N–H and O–H groups in total. The van der Waals surface area contributed by atoms with Gasteiger partial charge in [0.1, 0.15) is 0 Å². The van der Waals surface area contributed by atoms with E-state index in [-0.39, 0.29) is 30.2 Å². The third-order valence-corrected chi connectivity index (χ3v) is 9.15. The molecule has 1 amide bonds. The first-order chi connectivity index (χ1) is 15.9. The second kappa shape index (κ2) is 9.61. The van der Waals surface area contributed by atoms with E-state index in [0.29, 0.717) is 19.5 Å². The van der Waals surface area contributed by atoms with Gasteiger partial charge in [0.25, 0.3) is 0 Å². The topological polar surface area (TPSA) is 79.4 Å². The Labute approximate surface area is 198 Å². The predicted octanol–water partition coefficient (Wildman–Crippen LogP) is 1.81. The van der Waals surface area contributed by atoms with Crippen LogP contribution in [0.25, 0.3) is 0 Å². The number of piperazine rings is 1. The van der Waals surface area contributed by atoms with Crippen molar-refractivity contribution in [3.05, 3.63) is 46.2 Å². The number of carbonyl (C=O) groups is 1. The van der Waals surface area contributed by atoms with Gasteiger partial charge < -0.3 is 14.4 Å². The van der Waals surface area contributed by atoms with Gasteiger partial charge in [0.15, 0.2) is 21.3 Å². The van der Waals surface area contributed by atoms with Gasteiger partial charge in [0.05, 0.1) is 24.6 Å². The Hall–Kier alpha value is -2.14. The van der Waals surface area contributed by atoms with E-state index in [0.717, 1.165) is 49.1 Å². The molecule has 1 aromatic carbocycles. The summed E-state index contributed by atoms with van der Waals surface area (Å²) in [6.07, 6.45) is 0.531. The summed E-state index contributed by atoms with van der Waals surface area (Å²) in [6, 6.07) is 9.81. The summed E-state index contributed by atoms with van der Waals surface area (Å²) in [5.74, 6) is 1.87. The third kappa shape index (κ3) is 5.51. The molecule has 178 valence electrons. The Kier molecular flexibility index (Phi) is 6.60. The maximum atomic E-state index is 13.3. The minimum absolute atomic E-state index is 0.0229. The molecule has 0 radical (unpaired) electrons. The predicted molar refractivity (Wildman–Crippen MR) is 126 cm³/mol. The zero-order valence-corrected chi connectivity index (χ0v) is 20.2. The number of hydrogen-bond donors (Lipinski definition) is 0. The van der Waals surface area contributed by atoms with Gasteiger partial charge in [0.2, 0.25) is 12.7 Å². The van der Waals surface area contributed by atoms with Crippen molar-refractivity contribution >= 4 is 27.1 Å². The van der Waals surface area contributed by atoms with E-state index in [4.69, 9.17) is 9.47 Å². The molecule has 0 spiro atoms. The van der Waals surface area contributed by atoms with E-state index >= 15 is 0 Å². The number of rotatable bonds is 7. The highest BCUT2D eigenvalue weighted by Crippen LogP contribution is 2.33. The van der Waals surface area contributed by atoms with Crippen LogP contribution in [-0.2, 0) is 27.7 Å². The van der Waals surface area contributed by atoms with Crippen LogP contribution in [0.1, 0.15) is 16.9 Å². The largest absolute Gasteiger partial charge is 0.454 e. The maximum absolute atomic E-state index is 13.3. The van der Waals surface area contributed by atoms with Crippen molar-refractivity contribution in [2.45, 2.75) is 25.6 Å². The average Bonchev–Trinajstić information content (AvgIpc) is 3.54. The van der Waals surface area contributed by atoms with Gasteiger partial charge in [0, 0.05) is 43.6 Å². The molecule has 0 aliphatic carbocycles. The van der Waals surface area contributed by atoms with Gasteiger partial charge in [-0.05, 0) is 35.6 Å². The molecule has 1 aromatic heterocycles. The van der Waals surface area contributed by atoms with Gasteiger partial charge in [-0.1, -0.05) is 12.1 Å². The van der Waals surface area contributed by atoms with Crippen LogP contribution in [0, 0.1) is 0 Å². The van der Waals surface area contributed by atoms with Crippen molar-refractivity contribution < 1.29 is 22.7 Å². The lowest BCUT2D eigenvalue weighted by molar-refractivity contribution is -0.135. The summed E-state index contributed by atoms with van der Waals surface area (Å²) in [6.45, 7) is 5.32. The summed E-state index contributed by atoms with van der Waals surface area (Å²) in [4.78, 5) is 20.7. The zero-order chi connectivity index (χ0) is 22.8. The van der Waals surface area contributed by atoms with Crippen molar-refractivity contribution in [2.75, 3.05) is 51.0 Å². The highest BCUT2D eigenvalue weighted by Gasteiger charge is 2.35. The number of ether oxygens (including phenoxy) is 2. The van der Waals surface area contributed by atoms with Crippen molar-refractivity contribution in [1.29, 1.82) is 0 Å². The van der Waals surface area contributed by atoms with Gasteiger partial charge in [-0.2, -0.15) is 0 Å². The third-order valence-electron chi connectivity index (χ3n) is 6.54. The first-order valence-corrected chi connectivity index (χ1v) is 14.0. The normalized spacial score (nSPS) is 22.5.